The predicted molar refractivity (Wildman–Crippen MR) is 62.7 cm³/mol. The number of aromatic nitrogens is 2. The zero-order chi connectivity index (χ0) is 11.1. The third-order valence-electron chi connectivity index (χ3n) is 2.76. The van der Waals surface area contributed by atoms with E-state index in [1.54, 1.807) is 6.92 Å². The monoisotopic (exact) mass is 210 g/mol. The Morgan fingerprint density at radius 3 is 3.00 bits per heavy atom. The minimum atomic E-state index is 0.0660. The summed E-state index contributed by atoms with van der Waals surface area (Å²) in [7, 11) is 0. The summed E-state index contributed by atoms with van der Waals surface area (Å²) < 4.78 is 2.06. The molecule has 0 aliphatic heterocycles. The summed E-state index contributed by atoms with van der Waals surface area (Å²) in [5.74, 6) is 0.0660. The fourth-order valence-electron chi connectivity index (χ4n) is 1.90. The van der Waals surface area contributed by atoms with Gasteiger partial charge in [-0.1, -0.05) is 0 Å². The minimum Gasteiger partial charge on any atom is -0.314 e. The van der Waals surface area contributed by atoms with Crippen molar-refractivity contribution in [2.75, 3.05) is 0 Å². The maximum absolute atomic E-state index is 11.3. The molecule has 2 heterocycles. The lowest BCUT2D eigenvalue weighted by atomic mass is 10.1. The Hall–Kier alpha value is -2.16. The van der Waals surface area contributed by atoms with Crippen LogP contribution in [0.15, 0.2) is 42.7 Å². The lowest BCUT2D eigenvalue weighted by Gasteiger charge is -2.03. The fraction of sp³-hybridized carbons (Fsp3) is 0.0769. The van der Waals surface area contributed by atoms with Crippen molar-refractivity contribution in [3.63, 3.8) is 0 Å². The average molecular weight is 210 g/mol. The Bertz CT molecular complexity index is 697. The van der Waals surface area contributed by atoms with E-state index in [0.717, 1.165) is 16.6 Å². The quantitative estimate of drug-likeness (QED) is 0.579. The Labute approximate surface area is 92.3 Å². The maximum Gasteiger partial charge on any atom is 0.159 e. The van der Waals surface area contributed by atoms with Crippen LogP contribution in [0, 0.1) is 0 Å². The van der Waals surface area contributed by atoms with Gasteiger partial charge in [-0.05, 0) is 37.3 Å². The number of hydrogen-bond acceptors (Lipinski definition) is 2. The van der Waals surface area contributed by atoms with E-state index in [-0.39, 0.29) is 5.78 Å². The third kappa shape index (κ3) is 1.21. The first kappa shape index (κ1) is 9.09. The van der Waals surface area contributed by atoms with Crippen molar-refractivity contribution >= 4 is 22.3 Å². The van der Waals surface area contributed by atoms with Gasteiger partial charge in [0.15, 0.2) is 5.78 Å². The van der Waals surface area contributed by atoms with Gasteiger partial charge in [-0.2, -0.15) is 0 Å². The molecule has 3 nitrogen and oxygen atoms in total. The molecule has 2 aromatic heterocycles. The van der Waals surface area contributed by atoms with Crippen LogP contribution in [-0.4, -0.2) is 15.2 Å². The number of fused-ring (bicyclic) bond motifs is 3. The molecular formula is C13H10N2O. The highest BCUT2D eigenvalue weighted by Crippen LogP contribution is 2.16. The van der Waals surface area contributed by atoms with Gasteiger partial charge in [0.25, 0.3) is 0 Å². The van der Waals surface area contributed by atoms with Gasteiger partial charge in [0.1, 0.15) is 0 Å². The molecule has 0 saturated carbocycles. The minimum absolute atomic E-state index is 0.0660. The summed E-state index contributed by atoms with van der Waals surface area (Å²) in [6.07, 6.45) is 3.80. The average Bonchev–Trinajstić information content (AvgIpc) is 2.76. The second-order valence-electron chi connectivity index (χ2n) is 3.82. The Morgan fingerprint density at radius 1 is 1.31 bits per heavy atom. The van der Waals surface area contributed by atoms with Gasteiger partial charge in [0, 0.05) is 11.8 Å². The predicted octanol–water partition coefficient (Wildman–Crippen LogP) is 2.69. The Morgan fingerprint density at radius 2 is 2.19 bits per heavy atom. The molecule has 0 bridgehead atoms. The normalized spacial score (nSPS) is 11.1. The van der Waals surface area contributed by atoms with Gasteiger partial charge in [-0.25, -0.2) is 0 Å². The molecule has 0 aliphatic carbocycles. The smallest absolute Gasteiger partial charge is 0.159 e. The number of nitrogens with zero attached hydrogens (tertiary/aromatic N) is 2. The highest BCUT2D eigenvalue weighted by Gasteiger charge is 2.04. The third-order valence-corrected chi connectivity index (χ3v) is 2.76. The van der Waals surface area contributed by atoms with Crippen LogP contribution in [0.5, 0.6) is 0 Å². The van der Waals surface area contributed by atoms with Crippen molar-refractivity contribution in [3.8, 4) is 0 Å². The number of rotatable bonds is 1. The van der Waals surface area contributed by atoms with E-state index >= 15 is 0 Å². The summed E-state index contributed by atoms with van der Waals surface area (Å²) in [6, 6.07) is 9.59. The number of ketones is 1. The molecule has 0 saturated heterocycles. The highest BCUT2D eigenvalue weighted by molar-refractivity contribution is 5.97. The first-order chi connectivity index (χ1) is 7.75. The zero-order valence-corrected chi connectivity index (χ0v) is 8.84. The molecule has 0 N–H and O–H groups in total. The molecule has 1 aromatic carbocycles. The molecule has 3 rings (SSSR count). The number of carbonyl (C=O) groups excluding carboxylic acids is 1. The van der Waals surface area contributed by atoms with Crippen LogP contribution in [0.25, 0.3) is 16.6 Å². The molecule has 0 radical (unpaired) electrons. The SMILES string of the molecule is CC(=O)c1ccc2c(c1)ncc1cccn12. The standard InChI is InChI=1S/C13H10N2O/c1-9(16)10-4-5-13-12(7-10)14-8-11-3-2-6-15(11)13/h2-8H,1H3. The van der Waals surface area contributed by atoms with Crippen molar-refractivity contribution in [1.82, 2.24) is 9.38 Å². The summed E-state index contributed by atoms with van der Waals surface area (Å²) in [5, 5.41) is 0. The zero-order valence-electron chi connectivity index (χ0n) is 8.84. The molecule has 0 aliphatic rings. The number of benzene rings is 1. The van der Waals surface area contributed by atoms with Gasteiger partial charge in [0.05, 0.1) is 22.7 Å². The highest BCUT2D eigenvalue weighted by atomic mass is 16.1. The van der Waals surface area contributed by atoms with E-state index in [4.69, 9.17) is 0 Å². The Balaban J connectivity index is 2.41. The van der Waals surface area contributed by atoms with E-state index in [1.807, 2.05) is 42.7 Å². The summed E-state index contributed by atoms with van der Waals surface area (Å²) in [6.45, 7) is 1.56. The number of Topliss-reactive ketones (excluding diaryl/α,β-unsaturated/α-hetero) is 1. The van der Waals surface area contributed by atoms with E-state index in [1.165, 1.54) is 0 Å². The Kier molecular flexibility index (Phi) is 1.80. The molecule has 3 aromatic rings. The van der Waals surface area contributed by atoms with Crippen LogP contribution in [0.1, 0.15) is 17.3 Å². The second kappa shape index (κ2) is 3.17. The van der Waals surface area contributed by atoms with E-state index in [0.29, 0.717) is 5.56 Å². The van der Waals surface area contributed by atoms with E-state index in [9.17, 15) is 4.79 Å². The van der Waals surface area contributed by atoms with Crippen LogP contribution in [0.2, 0.25) is 0 Å². The summed E-state index contributed by atoms with van der Waals surface area (Å²) >= 11 is 0. The molecule has 0 amide bonds. The maximum atomic E-state index is 11.3. The van der Waals surface area contributed by atoms with E-state index < -0.39 is 0 Å². The first-order valence-corrected chi connectivity index (χ1v) is 5.12. The molecule has 0 spiro atoms. The van der Waals surface area contributed by atoms with Gasteiger partial charge >= 0.3 is 0 Å². The number of carbonyl (C=O) groups is 1. The second-order valence-corrected chi connectivity index (χ2v) is 3.82. The van der Waals surface area contributed by atoms with Crippen LogP contribution < -0.4 is 0 Å². The van der Waals surface area contributed by atoms with Crippen LogP contribution in [0.3, 0.4) is 0 Å². The largest absolute Gasteiger partial charge is 0.314 e. The molecule has 16 heavy (non-hydrogen) atoms. The molecule has 0 fully saturated rings. The topological polar surface area (TPSA) is 34.4 Å². The molecule has 0 unspecified atom stereocenters. The van der Waals surface area contributed by atoms with Gasteiger partial charge in [-0.3, -0.25) is 9.78 Å². The van der Waals surface area contributed by atoms with Gasteiger partial charge < -0.3 is 4.40 Å². The fourth-order valence-corrected chi connectivity index (χ4v) is 1.90. The van der Waals surface area contributed by atoms with Crippen molar-refractivity contribution in [2.24, 2.45) is 0 Å². The van der Waals surface area contributed by atoms with Crippen molar-refractivity contribution < 1.29 is 4.79 Å². The van der Waals surface area contributed by atoms with Gasteiger partial charge in [0.2, 0.25) is 0 Å². The lowest BCUT2D eigenvalue weighted by molar-refractivity contribution is 0.101. The molecule has 78 valence electrons. The summed E-state index contributed by atoms with van der Waals surface area (Å²) in [5.41, 5.74) is 3.62. The molecular weight excluding hydrogens is 200 g/mol. The first-order valence-electron chi connectivity index (χ1n) is 5.12. The van der Waals surface area contributed by atoms with Crippen LogP contribution in [-0.2, 0) is 0 Å². The van der Waals surface area contributed by atoms with Crippen LogP contribution in [0.4, 0.5) is 0 Å². The molecule has 0 atom stereocenters. The molecule has 3 heteroatoms. The number of hydrogen-bond donors (Lipinski definition) is 0. The van der Waals surface area contributed by atoms with Crippen LogP contribution >= 0.6 is 0 Å². The lowest BCUT2D eigenvalue weighted by Crippen LogP contribution is -1.94. The van der Waals surface area contributed by atoms with E-state index in [2.05, 4.69) is 9.38 Å². The van der Waals surface area contributed by atoms with Crippen molar-refractivity contribution in [3.05, 3.63) is 48.3 Å². The van der Waals surface area contributed by atoms with Gasteiger partial charge in [-0.15, -0.1) is 0 Å². The van der Waals surface area contributed by atoms with Crippen molar-refractivity contribution in [1.29, 1.82) is 0 Å². The summed E-state index contributed by atoms with van der Waals surface area (Å²) in [4.78, 5) is 15.6. The van der Waals surface area contributed by atoms with Crippen molar-refractivity contribution in [2.45, 2.75) is 6.92 Å².